The number of amidine groups is 1. The third-order valence-corrected chi connectivity index (χ3v) is 3.57. The highest BCUT2D eigenvalue weighted by atomic mass is 79.9. The molecule has 0 amide bonds. The summed E-state index contributed by atoms with van der Waals surface area (Å²) in [7, 11) is 2.99. The SMILES string of the molecule is COc1ccc(C(=O)O[NH+]=C(N)c2ccc(Br)cc2)c(OC)c1. The number of carbonyl (C=O) groups is 1. The Hall–Kier alpha value is -2.54. The normalized spacial score (nSPS) is 11.0. The van der Waals surface area contributed by atoms with Crippen molar-refractivity contribution in [3.8, 4) is 11.5 Å². The van der Waals surface area contributed by atoms with Crippen LogP contribution in [0, 0.1) is 0 Å². The number of ether oxygens (including phenoxy) is 2. The van der Waals surface area contributed by atoms with Crippen molar-refractivity contribution in [2.75, 3.05) is 14.2 Å². The summed E-state index contributed by atoms with van der Waals surface area (Å²) in [4.78, 5) is 17.1. The van der Waals surface area contributed by atoms with Crippen LogP contribution in [0.25, 0.3) is 0 Å². The molecule has 0 aliphatic carbocycles. The lowest BCUT2D eigenvalue weighted by molar-refractivity contribution is -0.721. The smallest absolute Gasteiger partial charge is 0.391 e. The van der Waals surface area contributed by atoms with Gasteiger partial charge in [0, 0.05) is 10.5 Å². The molecule has 3 N–H and O–H groups in total. The Morgan fingerprint density at radius 3 is 2.39 bits per heavy atom. The maximum atomic E-state index is 12.1. The van der Waals surface area contributed by atoms with E-state index in [0.29, 0.717) is 17.1 Å². The van der Waals surface area contributed by atoms with E-state index in [1.54, 1.807) is 30.3 Å². The fourth-order valence-corrected chi connectivity index (χ4v) is 2.08. The number of carbonyl (C=O) groups excluding carboxylic acids is 1. The number of nitrogens with one attached hydrogen (secondary N) is 1. The van der Waals surface area contributed by atoms with Crippen LogP contribution in [-0.4, -0.2) is 26.0 Å². The van der Waals surface area contributed by atoms with Gasteiger partial charge in [-0.3, -0.25) is 10.6 Å². The second-order valence-corrected chi connectivity index (χ2v) is 5.39. The van der Waals surface area contributed by atoms with Crippen LogP contribution in [0.3, 0.4) is 0 Å². The predicted molar refractivity (Wildman–Crippen MR) is 88.4 cm³/mol. The number of rotatable bonds is 5. The summed E-state index contributed by atoms with van der Waals surface area (Å²) in [6, 6.07) is 12.0. The molecule has 23 heavy (non-hydrogen) atoms. The van der Waals surface area contributed by atoms with Crippen molar-refractivity contribution >= 4 is 27.7 Å². The lowest BCUT2D eigenvalue weighted by Crippen LogP contribution is -2.75. The number of nitrogens with two attached hydrogens (primary N) is 1. The van der Waals surface area contributed by atoms with Gasteiger partial charge in [-0.2, -0.15) is 0 Å². The van der Waals surface area contributed by atoms with Crippen molar-refractivity contribution in [3.05, 3.63) is 58.1 Å². The minimum Gasteiger partial charge on any atom is -0.497 e. The van der Waals surface area contributed by atoms with Gasteiger partial charge in [-0.25, -0.2) is 4.79 Å². The molecule has 0 heterocycles. The first-order valence-electron chi connectivity index (χ1n) is 6.62. The number of hydrogen-bond acceptors (Lipinski definition) is 4. The van der Waals surface area contributed by atoms with Crippen molar-refractivity contribution in [3.63, 3.8) is 0 Å². The van der Waals surface area contributed by atoms with Gasteiger partial charge in [0.1, 0.15) is 17.1 Å². The fourth-order valence-electron chi connectivity index (χ4n) is 1.81. The third-order valence-electron chi connectivity index (χ3n) is 3.04. The van der Waals surface area contributed by atoms with Gasteiger partial charge in [-0.05, 0) is 36.4 Å². The van der Waals surface area contributed by atoms with E-state index in [0.717, 1.165) is 4.47 Å². The zero-order valence-electron chi connectivity index (χ0n) is 12.6. The first-order valence-corrected chi connectivity index (χ1v) is 7.42. The zero-order chi connectivity index (χ0) is 16.8. The number of benzene rings is 2. The minimum atomic E-state index is -0.621. The van der Waals surface area contributed by atoms with Crippen LogP contribution in [0.5, 0.6) is 11.5 Å². The zero-order valence-corrected chi connectivity index (χ0v) is 14.2. The predicted octanol–water partition coefficient (Wildman–Crippen LogP) is 1.02. The molecule has 0 saturated heterocycles. The van der Waals surface area contributed by atoms with Crippen molar-refractivity contribution in [1.82, 2.24) is 0 Å². The summed E-state index contributed by atoms with van der Waals surface area (Å²) in [5, 5.41) is 2.44. The Labute approximate surface area is 142 Å². The second kappa shape index (κ2) is 7.64. The average molecular weight is 380 g/mol. The van der Waals surface area contributed by atoms with E-state index in [1.165, 1.54) is 14.2 Å². The van der Waals surface area contributed by atoms with Crippen molar-refractivity contribution < 1.29 is 24.3 Å². The first kappa shape index (κ1) is 16.8. The molecule has 7 heteroatoms. The van der Waals surface area contributed by atoms with E-state index in [1.807, 2.05) is 12.1 Å². The van der Waals surface area contributed by atoms with Crippen LogP contribution in [0.15, 0.2) is 46.9 Å². The molecule has 0 radical (unpaired) electrons. The van der Waals surface area contributed by atoms with Crippen LogP contribution in [0.1, 0.15) is 15.9 Å². The largest absolute Gasteiger partial charge is 0.497 e. The molecular weight excluding hydrogens is 364 g/mol. The first-order chi connectivity index (χ1) is 11.0. The standard InChI is InChI=1S/C16H15BrN2O4/c1-21-12-7-8-13(14(9-12)22-2)16(20)23-19-15(18)10-3-5-11(17)6-4-10/h3-9H,1-2H3,(H2,18,19)/p+1. The summed E-state index contributed by atoms with van der Waals surface area (Å²) in [6.07, 6.45) is 0. The van der Waals surface area contributed by atoms with Gasteiger partial charge < -0.3 is 9.47 Å². The summed E-state index contributed by atoms with van der Waals surface area (Å²) >= 11 is 3.33. The molecule has 2 rings (SSSR count). The van der Waals surface area contributed by atoms with Gasteiger partial charge in [-0.15, -0.1) is 0 Å². The number of nitrogen functional groups attached to an aromatic ring is 1. The van der Waals surface area contributed by atoms with E-state index < -0.39 is 5.97 Å². The Kier molecular flexibility index (Phi) is 5.59. The topological polar surface area (TPSA) is 84.8 Å². The molecule has 0 atom stereocenters. The maximum Gasteiger partial charge on any atom is 0.391 e. The van der Waals surface area contributed by atoms with Crippen LogP contribution in [0.4, 0.5) is 0 Å². The van der Waals surface area contributed by atoms with Crippen LogP contribution in [-0.2, 0) is 4.84 Å². The molecule has 2 aromatic rings. The van der Waals surface area contributed by atoms with E-state index in [9.17, 15) is 4.79 Å². The molecule has 0 aromatic heterocycles. The Morgan fingerprint density at radius 1 is 1.09 bits per heavy atom. The molecule has 0 bridgehead atoms. The Morgan fingerprint density at radius 2 is 1.78 bits per heavy atom. The fraction of sp³-hybridized carbons (Fsp3) is 0.125. The molecule has 0 aliphatic rings. The highest BCUT2D eigenvalue weighted by Gasteiger charge is 2.17. The maximum absolute atomic E-state index is 12.1. The van der Waals surface area contributed by atoms with Gasteiger partial charge >= 0.3 is 11.8 Å². The molecule has 0 unspecified atom stereocenters. The Bertz CT molecular complexity index is 729. The number of halogens is 1. The van der Waals surface area contributed by atoms with Crippen LogP contribution >= 0.6 is 15.9 Å². The van der Waals surface area contributed by atoms with Crippen molar-refractivity contribution in [2.45, 2.75) is 0 Å². The lowest BCUT2D eigenvalue weighted by Gasteiger charge is -2.07. The summed E-state index contributed by atoms with van der Waals surface area (Å²) in [6.45, 7) is 0. The van der Waals surface area contributed by atoms with E-state index >= 15 is 0 Å². The van der Waals surface area contributed by atoms with E-state index in [4.69, 9.17) is 20.0 Å². The van der Waals surface area contributed by atoms with Crippen LogP contribution < -0.4 is 20.4 Å². The van der Waals surface area contributed by atoms with Crippen molar-refractivity contribution in [2.24, 2.45) is 5.73 Å². The molecule has 0 saturated carbocycles. The van der Waals surface area contributed by atoms with Gasteiger partial charge in [0.05, 0.1) is 19.8 Å². The molecule has 120 valence electrons. The summed E-state index contributed by atoms with van der Waals surface area (Å²) in [5.74, 6) is 0.522. The molecule has 0 spiro atoms. The quantitative estimate of drug-likeness (QED) is 0.350. The van der Waals surface area contributed by atoms with Crippen molar-refractivity contribution in [1.29, 1.82) is 0 Å². The highest BCUT2D eigenvalue weighted by Crippen LogP contribution is 2.24. The second-order valence-electron chi connectivity index (χ2n) is 4.48. The molecule has 0 fully saturated rings. The van der Waals surface area contributed by atoms with Gasteiger partial charge in [-0.1, -0.05) is 21.1 Å². The number of hydrogen-bond donors (Lipinski definition) is 2. The summed E-state index contributed by atoms with van der Waals surface area (Å²) in [5.41, 5.74) is 6.80. The molecule has 6 nitrogen and oxygen atoms in total. The number of methoxy groups -OCH3 is 2. The third kappa shape index (κ3) is 4.23. The lowest BCUT2D eigenvalue weighted by atomic mass is 10.2. The van der Waals surface area contributed by atoms with E-state index in [-0.39, 0.29) is 11.4 Å². The van der Waals surface area contributed by atoms with E-state index in [2.05, 4.69) is 21.1 Å². The average Bonchev–Trinajstić information content (AvgIpc) is 2.59. The van der Waals surface area contributed by atoms with Crippen LogP contribution in [0.2, 0.25) is 0 Å². The van der Waals surface area contributed by atoms with Gasteiger partial charge in [0.15, 0.2) is 0 Å². The minimum absolute atomic E-state index is 0.221. The summed E-state index contributed by atoms with van der Waals surface area (Å²) < 4.78 is 11.2. The highest BCUT2D eigenvalue weighted by molar-refractivity contribution is 9.10. The van der Waals surface area contributed by atoms with Gasteiger partial charge in [0.25, 0.3) is 0 Å². The molecular formula is C16H16BrN2O4+. The monoisotopic (exact) mass is 379 g/mol. The molecule has 0 aliphatic heterocycles. The molecule has 2 aromatic carbocycles. The Balaban J connectivity index is 2.15. The van der Waals surface area contributed by atoms with Gasteiger partial charge in [0.2, 0.25) is 0 Å².